The number of epoxide rings is 1. The summed E-state index contributed by atoms with van der Waals surface area (Å²) in [6.07, 6.45) is 0. The van der Waals surface area contributed by atoms with Gasteiger partial charge in [-0.2, -0.15) is 0 Å². The third-order valence-corrected chi connectivity index (χ3v) is 7.11. The molecule has 0 aromatic heterocycles. The summed E-state index contributed by atoms with van der Waals surface area (Å²) in [6, 6.07) is 19.3. The van der Waals surface area contributed by atoms with Gasteiger partial charge in [-0.25, -0.2) is 0 Å². The fourth-order valence-electron chi connectivity index (χ4n) is 2.26. The highest BCUT2D eigenvalue weighted by Crippen LogP contribution is 2.62. The van der Waals surface area contributed by atoms with Gasteiger partial charge in [-0.05, 0) is 6.92 Å². The summed E-state index contributed by atoms with van der Waals surface area (Å²) in [6.45, 7) is 2.50. The average Bonchev–Trinajstić information content (AvgIpc) is 3.19. The van der Waals surface area contributed by atoms with Crippen molar-refractivity contribution in [1.29, 1.82) is 0 Å². The molecule has 2 nitrogen and oxygen atoms in total. The van der Waals surface area contributed by atoms with E-state index in [0.29, 0.717) is 6.61 Å². The van der Waals surface area contributed by atoms with E-state index in [1.54, 1.807) is 0 Å². The lowest BCUT2D eigenvalue weighted by Gasteiger charge is -2.23. The van der Waals surface area contributed by atoms with Crippen LogP contribution in [-0.2, 0) is 9.30 Å². The van der Waals surface area contributed by atoms with E-state index < -0.39 is 12.5 Å². The first-order valence-corrected chi connectivity index (χ1v) is 7.73. The molecule has 0 aliphatic carbocycles. The summed E-state index contributed by atoms with van der Waals surface area (Å²) in [5.41, 5.74) is 0. The Morgan fingerprint density at radius 1 is 0.944 bits per heavy atom. The summed E-state index contributed by atoms with van der Waals surface area (Å²) < 4.78 is 19.1. The smallest absolute Gasteiger partial charge is 0.175 e. The van der Waals surface area contributed by atoms with E-state index in [-0.39, 0.29) is 0 Å². The molecule has 92 valence electrons. The lowest BCUT2D eigenvalue weighted by Crippen LogP contribution is -2.26. The Morgan fingerprint density at radius 3 is 1.67 bits per heavy atom. The molecule has 1 fully saturated rings. The van der Waals surface area contributed by atoms with Crippen LogP contribution in [0.5, 0.6) is 0 Å². The van der Waals surface area contributed by atoms with Crippen LogP contribution in [0, 0.1) is 0 Å². The highest BCUT2D eigenvalue weighted by Gasteiger charge is 2.57. The van der Waals surface area contributed by atoms with Crippen molar-refractivity contribution in [2.45, 2.75) is 12.3 Å². The summed E-state index contributed by atoms with van der Waals surface area (Å²) in [7, 11) is -2.72. The topological polar surface area (TPSA) is 29.6 Å². The molecule has 3 heteroatoms. The third-order valence-electron chi connectivity index (χ3n) is 3.47. The van der Waals surface area contributed by atoms with Crippen molar-refractivity contribution in [3.05, 3.63) is 60.7 Å². The molecule has 2 aromatic rings. The molecule has 0 N–H and O–H groups in total. The zero-order valence-electron chi connectivity index (χ0n) is 10.2. The zero-order chi connectivity index (χ0) is 12.6. The van der Waals surface area contributed by atoms with Crippen LogP contribution in [-0.4, -0.2) is 11.9 Å². The Hall–Kier alpha value is -1.37. The van der Waals surface area contributed by atoms with Gasteiger partial charge in [0, 0.05) is 10.6 Å². The molecule has 1 aliphatic heterocycles. The Kier molecular flexibility index (Phi) is 2.65. The molecule has 1 heterocycles. The van der Waals surface area contributed by atoms with Gasteiger partial charge >= 0.3 is 0 Å². The van der Waals surface area contributed by atoms with Crippen LogP contribution in [0.15, 0.2) is 60.7 Å². The molecule has 0 amide bonds. The largest absolute Gasteiger partial charge is 0.361 e. The van der Waals surface area contributed by atoms with Crippen LogP contribution in [0.3, 0.4) is 0 Å². The van der Waals surface area contributed by atoms with Crippen molar-refractivity contribution in [1.82, 2.24) is 0 Å². The van der Waals surface area contributed by atoms with Crippen LogP contribution in [0.2, 0.25) is 0 Å². The van der Waals surface area contributed by atoms with E-state index in [1.165, 1.54) is 0 Å². The maximum absolute atomic E-state index is 13.6. The monoisotopic (exact) mass is 258 g/mol. The van der Waals surface area contributed by atoms with E-state index in [1.807, 2.05) is 67.6 Å². The van der Waals surface area contributed by atoms with Crippen molar-refractivity contribution in [3.8, 4) is 0 Å². The lowest BCUT2D eigenvalue weighted by molar-refractivity contribution is 0.387. The van der Waals surface area contributed by atoms with Gasteiger partial charge in [0.2, 0.25) is 0 Å². The molecule has 1 aliphatic rings. The van der Waals surface area contributed by atoms with Gasteiger partial charge in [0.05, 0.1) is 6.61 Å². The molecule has 0 spiro atoms. The van der Waals surface area contributed by atoms with Crippen LogP contribution in [0.1, 0.15) is 6.92 Å². The van der Waals surface area contributed by atoms with Gasteiger partial charge in [-0.1, -0.05) is 60.7 Å². The molecule has 1 unspecified atom stereocenters. The minimum absolute atomic E-state index is 0.532. The quantitative estimate of drug-likeness (QED) is 0.626. The number of ether oxygens (including phenoxy) is 1. The van der Waals surface area contributed by atoms with Gasteiger partial charge in [0.1, 0.15) is 5.34 Å². The minimum atomic E-state index is -2.72. The highest BCUT2D eigenvalue weighted by atomic mass is 31.2. The van der Waals surface area contributed by atoms with E-state index >= 15 is 0 Å². The highest BCUT2D eigenvalue weighted by molar-refractivity contribution is 7.80. The van der Waals surface area contributed by atoms with E-state index in [0.717, 1.165) is 10.6 Å². The van der Waals surface area contributed by atoms with Gasteiger partial charge in [-0.3, -0.25) is 0 Å². The van der Waals surface area contributed by atoms with Crippen LogP contribution in [0.25, 0.3) is 0 Å². The Bertz CT molecular complexity index is 545. The summed E-state index contributed by atoms with van der Waals surface area (Å²) in [5.74, 6) is 0. The Morgan fingerprint density at radius 2 is 1.33 bits per heavy atom. The number of hydrogen-bond donors (Lipinski definition) is 0. The summed E-state index contributed by atoms with van der Waals surface area (Å²) in [4.78, 5) is 0. The van der Waals surface area contributed by atoms with Gasteiger partial charge in [0.15, 0.2) is 7.14 Å². The van der Waals surface area contributed by atoms with Crippen molar-refractivity contribution in [2.75, 3.05) is 6.61 Å². The SMILES string of the molecule is CC1(P(=O)(c2ccccc2)c2ccccc2)CO1. The lowest BCUT2D eigenvalue weighted by atomic mass is 10.4. The Balaban J connectivity index is 2.21. The van der Waals surface area contributed by atoms with Crippen molar-refractivity contribution >= 4 is 17.8 Å². The van der Waals surface area contributed by atoms with Gasteiger partial charge in [-0.15, -0.1) is 0 Å². The first-order chi connectivity index (χ1) is 8.67. The molecule has 0 radical (unpaired) electrons. The maximum atomic E-state index is 13.6. The number of rotatable bonds is 3. The van der Waals surface area contributed by atoms with E-state index in [4.69, 9.17) is 4.74 Å². The third kappa shape index (κ3) is 1.65. The van der Waals surface area contributed by atoms with Crippen LogP contribution < -0.4 is 10.6 Å². The van der Waals surface area contributed by atoms with Crippen molar-refractivity contribution in [3.63, 3.8) is 0 Å². The second-order valence-electron chi connectivity index (χ2n) is 4.74. The molecule has 1 saturated heterocycles. The number of hydrogen-bond acceptors (Lipinski definition) is 2. The number of benzene rings is 2. The predicted octanol–water partition coefficient (Wildman–Crippen LogP) is 2.75. The molecule has 18 heavy (non-hydrogen) atoms. The average molecular weight is 258 g/mol. The van der Waals surface area contributed by atoms with E-state index in [2.05, 4.69) is 0 Å². The summed E-state index contributed by atoms with van der Waals surface area (Å²) in [5, 5.41) is 1.21. The molecular formula is C15H15O2P. The van der Waals surface area contributed by atoms with Gasteiger partial charge < -0.3 is 9.30 Å². The van der Waals surface area contributed by atoms with E-state index in [9.17, 15) is 4.57 Å². The van der Waals surface area contributed by atoms with Crippen LogP contribution >= 0.6 is 7.14 Å². The summed E-state index contributed by atoms with van der Waals surface area (Å²) >= 11 is 0. The van der Waals surface area contributed by atoms with Crippen molar-refractivity contribution in [2.24, 2.45) is 0 Å². The Labute approximate surface area is 107 Å². The molecular weight excluding hydrogens is 243 g/mol. The fourth-order valence-corrected chi connectivity index (χ4v) is 5.26. The molecule has 3 rings (SSSR count). The molecule has 0 bridgehead atoms. The normalized spacial score (nSPS) is 22.7. The first-order valence-electron chi connectivity index (χ1n) is 6.02. The maximum Gasteiger partial charge on any atom is 0.175 e. The molecule has 0 saturated carbocycles. The standard InChI is InChI=1S/C15H15O2P/c1-15(12-17-15)18(16,13-8-4-2-5-9-13)14-10-6-3-7-11-14/h2-11H,12H2,1H3. The van der Waals surface area contributed by atoms with Crippen LogP contribution in [0.4, 0.5) is 0 Å². The molecule has 2 aromatic carbocycles. The second kappa shape index (κ2) is 4.08. The first kappa shape index (κ1) is 11.7. The molecule has 1 atom stereocenters. The zero-order valence-corrected chi connectivity index (χ0v) is 11.1. The van der Waals surface area contributed by atoms with Crippen molar-refractivity contribution < 1.29 is 9.30 Å². The predicted molar refractivity (Wildman–Crippen MR) is 74.1 cm³/mol. The minimum Gasteiger partial charge on any atom is -0.361 e. The fraction of sp³-hybridized carbons (Fsp3) is 0.200. The van der Waals surface area contributed by atoms with Gasteiger partial charge in [0.25, 0.3) is 0 Å². The second-order valence-corrected chi connectivity index (χ2v) is 7.94.